The van der Waals surface area contributed by atoms with E-state index < -0.39 is 0 Å². The Morgan fingerprint density at radius 2 is 0.167 bits per heavy atom. The molecule has 0 spiro atoms. The van der Waals surface area contributed by atoms with Crippen LogP contribution in [0.15, 0.2) is 0 Å². The van der Waals surface area contributed by atoms with Crippen molar-refractivity contribution in [3.63, 3.8) is 0 Å². The van der Waals surface area contributed by atoms with Gasteiger partial charge in [-0.2, -0.15) is 0 Å². The third-order valence-corrected chi connectivity index (χ3v) is 0. The highest BCUT2D eigenvalue weighted by Gasteiger charge is 0.0517. The Hall–Kier alpha value is 2.10. The highest BCUT2D eigenvalue weighted by atomic mass is 79.9. The van der Waals surface area contributed by atoms with Crippen molar-refractivity contribution in [1.29, 1.82) is 0 Å². The molecule has 0 aromatic heterocycles. The maximum atomic E-state index is 0. The highest BCUT2D eigenvalue weighted by Crippen LogP contribution is 0.0863. The van der Waals surface area contributed by atoms with E-state index in [1.165, 1.54) is 0 Å². The topological polar surface area (TPSA) is 0 Å². The van der Waals surface area contributed by atoms with E-state index in [1.807, 2.05) is 0 Å². The average molecular weight is 570 g/mol. The fraction of sp³-hybridized carbons (Fsp3) is 0. The fourth-order valence-electron chi connectivity index (χ4n) is 0. The predicted molar refractivity (Wildman–Crippen MR) is 38.5 cm³/mol. The van der Waals surface area contributed by atoms with Gasteiger partial charge in [0.15, 0.2) is 0 Å². The summed E-state index contributed by atoms with van der Waals surface area (Å²) in [4.78, 5) is 0. The maximum absolute atomic E-state index is 0. The minimum absolute atomic E-state index is 0. The molecule has 0 aliphatic carbocycles. The van der Waals surface area contributed by atoms with Crippen molar-refractivity contribution in [1.82, 2.24) is 0 Å². The maximum Gasteiger partial charge on any atom is 0.0467 e. The summed E-state index contributed by atoms with van der Waals surface area (Å²) in [7, 11) is 0. The largest absolute Gasteiger partial charge is 1.00 e. The van der Waals surface area contributed by atoms with Crippen LogP contribution in [0.1, 0.15) is 0 Å². The Morgan fingerprint density at radius 3 is 0.167 bits per heavy atom. The molecule has 84 valence electrons. The molecule has 0 atom stereocenters. The summed E-state index contributed by atoms with van der Waals surface area (Å²) in [6, 6.07) is 0. The van der Waals surface area contributed by atoms with Gasteiger partial charge in [0.05, 0.1) is 0 Å². The predicted octanol–water partition coefficient (Wildman–Crippen LogP) is -15.3. The molecule has 0 radical (unpaired) electrons. The van der Waals surface area contributed by atoms with Crippen molar-refractivity contribution < 1.29 is 102 Å². The standard InChI is InChI=1S/6CH3.6BrH/h6*1H3;6*1H/q6*+1;;;;;;/p-6. The summed E-state index contributed by atoms with van der Waals surface area (Å²) in [5.74, 6) is 0. The van der Waals surface area contributed by atoms with E-state index >= 15 is 0 Å². The van der Waals surface area contributed by atoms with E-state index in [-0.39, 0.29) is 146 Å². The molecule has 0 nitrogen and oxygen atoms in total. The van der Waals surface area contributed by atoms with Gasteiger partial charge in [-0.05, 0) is 0 Å². The first-order chi connectivity index (χ1) is 0. The van der Waals surface area contributed by atoms with E-state index in [0.717, 1.165) is 0 Å². The molecule has 12 heavy (non-hydrogen) atoms. The average Bonchev–Trinajstić information content (AvgIpc) is 0. The molecule has 0 amide bonds. The number of hydrogen-bond acceptors (Lipinski definition) is 0. The molecule has 0 saturated heterocycles. The summed E-state index contributed by atoms with van der Waals surface area (Å²) < 4.78 is 0. The second-order valence-corrected chi connectivity index (χ2v) is 0. The van der Waals surface area contributed by atoms with Crippen LogP contribution >= 0.6 is 0 Å². The number of hydrogen-bond donors (Lipinski definition) is 0. The van der Waals surface area contributed by atoms with Crippen molar-refractivity contribution in [2.24, 2.45) is 0 Å². The number of halogens is 6. The van der Waals surface area contributed by atoms with Crippen LogP contribution in [0.2, 0.25) is 0 Å². The van der Waals surface area contributed by atoms with Gasteiger partial charge in [-0.1, -0.05) is 0 Å². The zero-order chi connectivity index (χ0) is 0. The molecule has 0 aliphatic rings. The van der Waals surface area contributed by atoms with E-state index in [4.69, 9.17) is 0 Å². The van der Waals surface area contributed by atoms with Crippen molar-refractivity contribution in [2.45, 2.75) is 0 Å². The van der Waals surface area contributed by atoms with Gasteiger partial charge in [0.2, 0.25) is 0 Å². The summed E-state index contributed by atoms with van der Waals surface area (Å²) in [5, 5.41) is 0. The van der Waals surface area contributed by atoms with Crippen molar-refractivity contribution >= 4 is 0 Å². The van der Waals surface area contributed by atoms with Crippen LogP contribution in [0, 0.1) is 44.6 Å². The van der Waals surface area contributed by atoms with Crippen LogP contribution in [-0.4, -0.2) is 0 Å². The Labute approximate surface area is 145 Å². The van der Waals surface area contributed by atoms with Crippen LogP contribution < -0.4 is 102 Å². The van der Waals surface area contributed by atoms with Gasteiger partial charge in [-0.25, -0.2) is 0 Å². The first kappa shape index (κ1) is 549. The fourth-order valence-corrected chi connectivity index (χ4v) is 0. The highest BCUT2D eigenvalue weighted by molar-refractivity contribution is 3.25. The Balaban J connectivity index is 0. The Kier molecular flexibility index (Phi) is 19900. The van der Waals surface area contributed by atoms with Gasteiger partial charge in [0.1, 0.15) is 0 Å². The van der Waals surface area contributed by atoms with Gasteiger partial charge in [0.25, 0.3) is 0 Å². The zero-order valence-electron chi connectivity index (χ0n) is 8.27. The smallest absolute Gasteiger partial charge is 0.0467 e. The minimum Gasteiger partial charge on any atom is -1.00 e. The lowest BCUT2D eigenvalue weighted by molar-refractivity contribution is -0.00100. The summed E-state index contributed by atoms with van der Waals surface area (Å²) in [6.07, 6.45) is 0. The Bertz CT molecular complexity index is 12.0. The van der Waals surface area contributed by atoms with Crippen molar-refractivity contribution in [3.8, 4) is 0 Å². The minimum atomic E-state index is 0. The monoisotopic (exact) mass is 564 g/mol. The van der Waals surface area contributed by atoms with Crippen LogP contribution in [0.4, 0.5) is 0 Å². The van der Waals surface area contributed by atoms with Gasteiger partial charge in [-0.3, -0.25) is 0 Å². The van der Waals surface area contributed by atoms with Crippen LogP contribution in [0.25, 0.3) is 0 Å². The van der Waals surface area contributed by atoms with Crippen molar-refractivity contribution in [3.05, 3.63) is 44.6 Å². The van der Waals surface area contributed by atoms with Gasteiger partial charge < -0.3 is 102 Å². The molecule has 0 fully saturated rings. The summed E-state index contributed by atoms with van der Waals surface area (Å²) in [6.45, 7) is 0. The molecule has 0 unspecified atom stereocenters. The third kappa shape index (κ3) is 338. The van der Waals surface area contributed by atoms with Gasteiger partial charge >= 0.3 is 0 Å². The summed E-state index contributed by atoms with van der Waals surface area (Å²) in [5.41, 5.74) is 0. The zero-order valence-corrected chi connectivity index (χ0v) is 17.8. The molecule has 0 aliphatic heterocycles. The molecular formula is C6H18Br6. The first-order valence-electron chi connectivity index (χ1n) is 0. The molecule has 0 saturated carbocycles. The lowest BCUT2D eigenvalue weighted by Gasteiger charge is -1.00. The summed E-state index contributed by atoms with van der Waals surface area (Å²) >= 11 is 0. The van der Waals surface area contributed by atoms with E-state index in [0.29, 0.717) is 0 Å². The van der Waals surface area contributed by atoms with E-state index in [9.17, 15) is 0 Å². The molecule has 6 heteroatoms. The molecule has 0 heterocycles. The number of rotatable bonds is 0. The quantitative estimate of drug-likeness (QED) is 0.255. The molecule has 0 aromatic rings. The van der Waals surface area contributed by atoms with Crippen LogP contribution in [0.5, 0.6) is 0 Å². The van der Waals surface area contributed by atoms with Crippen molar-refractivity contribution in [2.75, 3.05) is 0 Å². The molecule has 0 N–H and O–H groups in total. The van der Waals surface area contributed by atoms with Crippen LogP contribution in [-0.2, 0) is 0 Å². The van der Waals surface area contributed by atoms with Crippen LogP contribution in [0.3, 0.4) is 0 Å². The molecule has 0 aromatic carbocycles. The van der Waals surface area contributed by atoms with Gasteiger partial charge in [0, 0.05) is 44.6 Å². The second kappa shape index (κ2) is 435. The van der Waals surface area contributed by atoms with E-state index in [1.54, 1.807) is 0 Å². The van der Waals surface area contributed by atoms with E-state index in [2.05, 4.69) is 0 Å². The Morgan fingerprint density at radius 1 is 0.167 bits per heavy atom. The third-order valence-electron chi connectivity index (χ3n) is 0. The normalized spacial score (nSPS) is 0. The molecule has 0 bridgehead atoms. The SMILES string of the molecule is [Br-].[Br-].[Br-].[Br-].[Br-].[Br-].[CH3+].[CH3+].[CH3+].[CH3+].[CH3+].[CH3+]. The molecule has 0 rings (SSSR count). The lowest BCUT2D eigenvalue weighted by Crippen LogP contribution is -3.00. The lowest BCUT2D eigenvalue weighted by atomic mass is 12.0. The molecular weight excluding hydrogens is 551 g/mol. The first-order valence-corrected chi connectivity index (χ1v) is 0. The second-order valence-electron chi connectivity index (χ2n) is 0. The van der Waals surface area contributed by atoms with Gasteiger partial charge in [-0.15, -0.1) is 0 Å².